The second kappa shape index (κ2) is 6.54. The van der Waals surface area contributed by atoms with Crippen molar-refractivity contribution in [2.24, 2.45) is 0 Å². The Morgan fingerprint density at radius 3 is 2.28 bits per heavy atom. The van der Waals surface area contributed by atoms with Crippen LogP contribution in [0.25, 0.3) is 0 Å². The van der Waals surface area contributed by atoms with Crippen LogP contribution in [0, 0.1) is 0 Å². The predicted octanol–water partition coefficient (Wildman–Crippen LogP) is 1.11. The lowest BCUT2D eigenvalue weighted by atomic mass is 9.91. The lowest BCUT2D eigenvalue weighted by Gasteiger charge is -2.26. The van der Waals surface area contributed by atoms with Crippen LogP contribution in [0.1, 0.15) is 49.5 Å². The maximum Gasteiger partial charge on any atom is 0.329 e. The summed E-state index contributed by atoms with van der Waals surface area (Å²) in [4.78, 5) is 47.0. The Balaban J connectivity index is 2.20. The highest BCUT2D eigenvalue weighted by molar-refractivity contribution is 6.07. The van der Waals surface area contributed by atoms with Crippen molar-refractivity contribution in [2.45, 2.75) is 44.7 Å². The number of carboxylic acid groups (broad SMARTS) is 1. The van der Waals surface area contributed by atoms with Crippen LogP contribution < -0.4 is 16.0 Å². The molecular weight excluding hydrogens is 326 g/mol. The summed E-state index contributed by atoms with van der Waals surface area (Å²) >= 11 is 0. The van der Waals surface area contributed by atoms with Crippen LogP contribution in [0.2, 0.25) is 0 Å². The number of hydrogen-bond acceptors (Lipinski definition) is 4. The Morgan fingerprint density at radius 2 is 1.84 bits per heavy atom. The molecular formula is C17H21N3O5. The van der Waals surface area contributed by atoms with Crippen LogP contribution in [-0.4, -0.2) is 34.5 Å². The highest BCUT2D eigenvalue weighted by Gasteiger charge is 2.43. The van der Waals surface area contributed by atoms with Crippen LogP contribution in [0.3, 0.4) is 0 Å². The van der Waals surface area contributed by atoms with Gasteiger partial charge in [0.25, 0.3) is 11.8 Å². The summed E-state index contributed by atoms with van der Waals surface area (Å²) in [7, 11) is 0. The minimum atomic E-state index is -1.35. The Bertz CT molecular complexity index is 730. The molecule has 25 heavy (non-hydrogen) atoms. The quantitative estimate of drug-likeness (QED) is 0.574. The minimum absolute atomic E-state index is 0.264. The SMILES string of the molecule is CCC[C@@](C)(NC(=O)c1ccc([C@]2(C)NC(=O)NC2=O)cc1)C(=O)O. The highest BCUT2D eigenvalue weighted by atomic mass is 16.4. The molecule has 0 saturated carbocycles. The van der Waals surface area contributed by atoms with E-state index in [-0.39, 0.29) is 5.56 Å². The molecule has 2 rings (SSSR count). The molecule has 1 heterocycles. The third-order valence-electron chi connectivity index (χ3n) is 4.38. The van der Waals surface area contributed by atoms with Gasteiger partial charge in [-0.2, -0.15) is 0 Å². The van der Waals surface area contributed by atoms with E-state index in [9.17, 15) is 24.3 Å². The fourth-order valence-corrected chi connectivity index (χ4v) is 2.75. The van der Waals surface area contributed by atoms with E-state index in [1.54, 1.807) is 19.1 Å². The lowest BCUT2D eigenvalue weighted by Crippen LogP contribution is -2.52. The van der Waals surface area contributed by atoms with E-state index in [4.69, 9.17) is 0 Å². The van der Waals surface area contributed by atoms with Gasteiger partial charge in [0.2, 0.25) is 0 Å². The molecule has 8 heteroatoms. The van der Waals surface area contributed by atoms with Crippen molar-refractivity contribution in [2.75, 3.05) is 0 Å². The van der Waals surface area contributed by atoms with Gasteiger partial charge < -0.3 is 15.7 Å². The van der Waals surface area contributed by atoms with Crippen molar-refractivity contribution in [1.82, 2.24) is 16.0 Å². The van der Waals surface area contributed by atoms with Crippen molar-refractivity contribution in [3.63, 3.8) is 0 Å². The maximum absolute atomic E-state index is 12.3. The molecule has 1 aromatic carbocycles. The number of carboxylic acids is 1. The van der Waals surface area contributed by atoms with E-state index in [1.165, 1.54) is 19.1 Å². The standard InChI is InChI=1S/C17H21N3O5/c1-4-9-16(2,14(23)24)19-12(21)10-5-7-11(8-6-10)17(3)13(22)18-15(25)20-17/h5-8H,4,9H2,1-3H3,(H,19,21)(H,23,24)(H2,18,20,22,25)/t16-,17+/m1/s1. The molecule has 0 aromatic heterocycles. The Hall–Kier alpha value is -2.90. The monoisotopic (exact) mass is 347 g/mol. The number of rotatable bonds is 6. The average molecular weight is 347 g/mol. The number of nitrogens with one attached hydrogen (secondary N) is 3. The summed E-state index contributed by atoms with van der Waals surface area (Å²) < 4.78 is 0. The first-order valence-electron chi connectivity index (χ1n) is 7.92. The third-order valence-corrected chi connectivity index (χ3v) is 4.38. The van der Waals surface area contributed by atoms with Gasteiger partial charge in [-0.3, -0.25) is 14.9 Å². The van der Waals surface area contributed by atoms with Gasteiger partial charge >= 0.3 is 12.0 Å². The molecule has 4 N–H and O–H groups in total. The number of amides is 4. The lowest BCUT2D eigenvalue weighted by molar-refractivity contribution is -0.144. The first kappa shape index (κ1) is 18.4. The summed E-state index contributed by atoms with van der Waals surface area (Å²) in [6.45, 7) is 4.86. The van der Waals surface area contributed by atoms with E-state index in [0.29, 0.717) is 18.4 Å². The molecule has 0 bridgehead atoms. The van der Waals surface area contributed by atoms with Crippen molar-refractivity contribution in [3.05, 3.63) is 35.4 Å². The zero-order valence-electron chi connectivity index (χ0n) is 14.3. The Labute approximate surface area is 145 Å². The smallest absolute Gasteiger partial charge is 0.329 e. The molecule has 134 valence electrons. The largest absolute Gasteiger partial charge is 0.480 e. The van der Waals surface area contributed by atoms with Crippen molar-refractivity contribution < 1.29 is 24.3 Å². The number of imide groups is 1. The van der Waals surface area contributed by atoms with Crippen LogP contribution in [0.4, 0.5) is 4.79 Å². The molecule has 1 aliphatic rings. The summed E-state index contributed by atoms with van der Waals surface area (Å²) in [5.41, 5.74) is -1.78. The van der Waals surface area contributed by atoms with Crippen LogP contribution in [0.5, 0.6) is 0 Å². The number of aliphatic carboxylic acids is 1. The summed E-state index contributed by atoms with van der Waals surface area (Å²) in [5.74, 6) is -2.09. The van der Waals surface area contributed by atoms with Crippen LogP contribution >= 0.6 is 0 Å². The van der Waals surface area contributed by atoms with E-state index >= 15 is 0 Å². The van der Waals surface area contributed by atoms with E-state index in [0.717, 1.165) is 0 Å². The summed E-state index contributed by atoms with van der Waals surface area (Å²) in [6.07, 6.45) is 0.908. The van der Waals surface area contributed by atoms with Gasteiger partial charge in [-0.05, 0) is 38.0 Å². The number of benzene rings is 1. The molecule has 2 atom stereocenters. The van der Waals surface area contributed by atoms with Gasteiger partial charge in [0.15, 0.2) is 0 Å². The molecule has 1 fully saturated rings. The summed E-state index contributed by atoms with van der Waals surface area (Å²) in [6, 6.07) is 5.51. The predicted molar refractivity (Wildman–Crippen MR) is 88.9 cm³/mol. The minimum Gasteiger partial charge on any atom is -0.480 e. The number of carbonyl (C=O) groups excluding carboxylic acids is 3. The van der Waals surface area contributed by atoms with E-state index in [2.05, 4.69) is 16.0 Å². The molecule has 0 spiro atoms. The fourth-order valence-electron chi connectivity index (χ4n) is 2.75. The number of urea groups is 1. The second-order valence-electron chi connectivity index (χ2n) is 6.45. The maximum atomic E-state index is 12.3. The number of hydrogen-bond donors (Lipinski definition) is 4. The molecule has 1 aliphatic heterocycles. The summed E-state index contributed by atoms with van der Waals surface area (Å²) in [5, 5.41) is 16.6. The van der Waals surface area contributed by atoms with Gasteiger partial charge in [0.1, 0.15) is 11.1 Å². The third kappa shape index (κ3) is 3.47. The van der Waals surface area contributed by atoms with Gasteiger partial charge in [-0.25, -0.2) is 9.59 Å². The Morgan fingerprint density at radius 1 is 1.24 bits per heavy atom. The average Bonchev–Trinajstić information content (AvgIpc) is 2.81. The number of carbonyl (C=O) groups is 4. The van der Waals surface area contributed by atoms with Gasteiger partial charge in [-0.15, -0.1) is 0 Å². The molecule has 0 radical (unpaired) electrons. The second-order valence-corrected chi connectivity index (χ2v) is 6.45. The molecule has 1 aromatic rings. The van der Waals surface area contributed by atoms with Gasteiger partial charge in [0, 0.05) is 5.56 Å². The van der Waals surface area contributed by atoms with Crippen LogP contribution in [-0.2, 0) is 15.1 Å². The topological polar surface area (TPSA) is 125 Å². The molecule has 1 saturated heterocycles. The Kier molecular flexibility index (Phi) is 4.82. The van der Waals surface area contributed by atoms with Crippen molar-refractivity contribution >= 4 is 23.8 Å². The first-order valence-corrected chi connectivity index (χ1v) is 7.92. The van der Waals surface area contributed by atoms with E-state index < -0.39 is 34.9 Å². The first-order chi connectivity index (χ1) is 11.6. The van der Waals surface area contributed by atoms with Crippen LogP contribution in [0.15, 0.2) is 24.3 Å². The van der Waals surface area contributed by atoms with E-state index in [1.807, 2.05) is 6.92 Å². The van der Waals surface area contributed by atoms with Crippen molar-refractivity contribution in [3.8, 4) is 0 Å². The molecule has 0 aliphatic carbocycles. The highest BCUT2D eigenvalue weighted by Crippen LogP contribution is 2.24. The normalized spacial score (nSPS) is 21.9. The zero-order valence-corrected chi connectivity index (χ0v) is 14.3. The van der Waals surface area contributed by atoms with Gasteiger partial charge in [-0.1, -0.05) is 25.5 Å². The fraction of sp³-hybridized carbons (Fsp3) is 0.412. The molecule has 8 nitrogen and oxygen atoms in total. The van der Waals surface area contributed by atoms with Crippen molar-refractivity contribution in [1.29, 1.82) is 0 Å². The molecule has 4 amide bonds. The van der Waals surface area contributed by atoms with Gasteiger partial charge in [0.05, 0.1) is 0 Å². The zero-order chi connectivity index (χ0) is 18.8. The molecule has 0 unspecified atom stereocenters.